The molecule has 1 aromatic heterocycles. The summed E-state index contributed by atoms with van der Waals surface area (Å²) in [5.74, 6) is -0.890. The highest BCUT2D eigenvalue weighted by Crippen LogP contribution is 2.20. The van der Waals surface area contributed by atoms with Crippen LogP contribution in [0, 0.1) is 18.3 Å². The smallest absolute Gasteiger partial charge is 0.269 e. The van der Waals surface area contributed by atoms with Crippen molar-refractivity contribution in [3.05, 3.63) is 57.0 Å². The number of nitriles is 1. The van der Waals surface area contributed by atoms with Crippen LogP contribution in [0.4, 0.5) is 0 Å². The Morgan fingerprint density at radius 2 is 2.15 bits per heavy atom. The van der Waals surface area contributed by atoms with Crippen molar-refractivity contribution in [3.8, 4) is 17.6 Å². The average molecular weight is 370 g/mol. The lowest BCUT2D eigenvalue weighted by Crippen LogP contribution is -2.33. The van der Waals surface area contributed by atoms with E-state index >= 15 is 0 Å². The van der Waals surface area contributed by atoms with Crippen LogP contribution in [0.25, 0.3) is 0 Å². The number of hydrazone groups is 1. The minimum absolute atomic E-state index is 0.0761. The number of hydrogen-bond donors (Lipinski definition) is 3. The average Bonchev–Trinajstić information content (AvgIpc) is 2.61. The number of aryl methyl sites for hydroxylation is 1. The van der Waals surface area contributed by atoms with Gasteiger partial charge in [0.15, 0.2) is 0 Å². The standard InChI is InChI=1S/C18H18N4O5/c1-11-5-13(10-27-2)15(7-19)18(26)22(11)9-17(25)21-20-8-12-3-4-14(23)6-16(12)24/h3-6,8,23-24H,9-10H2,1-2H3,(H,21,25). The number of ether oxygens (including phenoxy) is 1. The highest BCUT2D eigenvalue weighted by Gasteiger charge is 2.14. The Morgan fingerprint density at radius 3 is 2.78 bits per heavy atom. The molecule has 0 aliphatic rings. The molecule has 1 heterocycles. The Bertz CT molecular complexity index is 988. The highest BCUT2D eigenvalue weighted by molar-refractivity contribution is 5.85. The van der Waals surface area contributed by atoms with E-state index in [4.69, 9.17) is 4.74 Å². The molecule has 27 heavy (non-hydrogen) atoms. The summed E-state index contributed by atoms with van der Waals surface area (Å²) in [6, 6.07) is 7.37. The number of amides is 1. The largest absolute Gasteiger partial charge is 0.508 e. The van der Waals surface area contributed by atoms with Gasteiger partial charge in [0.1, 0.15) is 29.7 Å². The molecule has 0 saturated heterocycles. The second-order valence-corrected chi connectivity index (χ2v) is 5.66. The van der Waals surface area contributed by atoms with Crippen molar-refractivity contribution in [2.75, 3.05) is 7.11 Å². The summed E-state index contributed by atoms with van der Waals surface area (Å²) >= 11 is 0. The van der Waals surface area contributed by atoms with E-state index in [0.717, 1.165) is 6.07 Å². The van der Waals surface area contributed by atoms with Crippen molar-refractivity contribution >= 4 is 12.1 Å². The molecular formula is C18H18N4O5. The van der Waals surface area contributed by atoms with Gasteiger partial charge in [-0.2, -0.15) is 10.4 Å². The Balaban J connectivity index is 2.15. The van der Waals surface area contributed by atoms with E-state index in [1.165, 1.54) is 30.0 Å². The van der Waals surface area contributed by atoms with Crippen LogP contribution >= 0.6 is 0 Å². The molecule has 3 N–H and O–H groups in total. The van der Waals surface area contributed by atoms with Crippen molar-refractivity contribution in [2.24, 2.45) is 5.10 Å². The number of hydrogen-bond acceptors (Lipinski definition) is 7. The SMILES string of the molecule is COCc1cc(C)n(CC(=O)NN=Cc2ccc(O)cc2O)c(=O)c1C#N. The van der Waals surface area contributed by atoms with E-state index < -0.39 is 11.5 Å². The highest BCUT2D eigenvalue weighted by atomic mass is 16.5. The Labute approximate surface area is 154 Å². The number of rotatable bonds is 6. The van der Waals surface area contributed by atoms with Crippen LogP contribution in [0.5, 0.6) is 11.5 Å². The minimum atomic E-state index is -0.585. The number of aromatic hydroxyl groups is 2. The predicted octanol–water partition coefficient (Wildman–Crippen LogP) is 0.736. The first kappa shape index (κ1) is 19.7. The third-order valence-corrected chi connectivity index (χ3v) is 3.71. The zero-order valence-corrected chi connectivity index (χ0v) is 14.8. The number of benzene rings is 1. The van der Waals surface area contributed by atoms with E-state index in [0.29, 0.717) is 11.3 Å². The fourth-order valence-electron chi connectivity index (χ4n) is 2.41. The van der Waals surface area contributed by atoms with Crippen LogP contribution in [0.3, 0.4) is 0 Å². The molecule has 0 atom stereocenters. The lowest BCUT2D eigenvalue weighted by Gasteiger charge is -2.12. The van der Waals surface area contributed by atoms with Gasteiger partial charge in [0.05, 0.1) is 12.8 Å². The topological polar surface area (TPSA) is 137 Å². The molecule has 1 aromatic carbocycles. The lowest BCUT2D eigenvalue weighted by molar-refractivity contribution is -0.121. The molecule has 0 fully saturated rings. The second kappa shape index (κ2) is 8.64. The number of methoxy groups -OCH3 is 1. The van der Waals surface area contributed by atoms with Gasteiger partial charge in [0.25, 0.3) is 11.5 Å². The van der Waals surface area contributed by atoms with Gasteiger partial charge in [0, 0.05) is 30.0 Å². The number of phenols is 2. The normalized spacial score (nSPS) is 10.7. The molecule has 9 nitrogen and oxygen atoms in total. The van der Waals surface area contributed by atoms with E-state index in [9.17, 15) is 25.1 Å². The molecule has 0 aliphatic heterocycles. The molecule has 2 rings (SSSR count). The fraction of sp³-hybridized carbons (Fsp3) is 0.222. The first-order valence-electron chi connectivity index (χ1n) is 7.83. The summed E-state index contributed by atoms with van der Waals surface area (Å²) in [5, 5.41) is 31.8. The van der Waals surface area contributed by atoms with Crippen LogP contribution in [-0.4, -0.2) is 34.0 Å². The summed E-state index contributed by atoms with van der Waals surface area (Å²) in [6.45, 7) is 1.44. The fourth-order valence-corrected chi connectivity index (χ4v) is 2.41. The number of pyridine rings is 1. The molecule has 140 valence electrons. The first-order valence-corrected chi connectivity index (χ1v) is 7.83. The van der Waals surface area contributed by atoms with E-state index in [1.807, 2.05) is 6.07 Å². The van der Waals surface area contributed by atoms with Crippen LogP contribution < -0.4 is 11.0 Å². The molecule has 0 unspecified atom stereocenters. The maximum Gasteiger partial charge on any atom is 0.269 e. The summed E-state index contributed by atoms with van der Waals surface area (Å²) in [4.78, 5) is 24.5. The number of phenolic OH excluding ortho intramolecular Hbond substituents is 2. The van der Waals surface area contributed by atoms with Crippen LogP contribution in [0.15, 0.2) is 34.2 Å². The second-order valence-electron chi connectivity index (χ2n) is 5.66. The summed E-state index contributed by atoms with van der Waals surface area (Å²) in [7, 11) is 1.46. The molecule has 9 heteroatoms. The molecule has 0 bridgehead atoms. The van der Waals surface area contributed by atoms with Crippen LogP contribution in [0.1, 0.15) is 22.4 Å². The van der Waals surface area contributed by atoms with Gasteiger partial charge in [-0.3, -0.25) is 9.59 Å². The predicted molar refractivity (Wildman–Crippen MR) is 96.4 cm³/mol. The number of aromatic nitrogens is 1. The Kier molecular flexibility index (Phi) is 6.30. The van der Waals surface area contributed by atoms with Crippen LogP contribution in [-0.2, 0) is 22.7 Å². The maximum atomic E-state index is 12.4. The molecule has 1 amide bonds. The van der Waals surface area contributed by atoms with E-state index in [-0.39, 0.29) is 35.8 Å². The van der Waals surface area contributed by atoms with Crippen molar-refractivity contribution < 1.29 is 19.7 Å². The van der Waals surface area contributed by atoms with Gasteiger partial charge < -0.3 is 19.5 Å². The Hall–Kier alpha value is -3.64. The molecule has 0 aliphatic carbocycles. The van der Waals surface area contributed by atoms with Gasteiger partial charge in [-0.25, -0.2) is 5.43 Å². The van der Waals surface area contributed by atoms with Gasteiger partial charge in [-0.05, 0) is 25.1 Å². The zero-order chi connectivity index (χ0) is 20.0. The van der Waals surface area contributed by atoms with Gasteiger partial charge in [-0.15, -0.1) is 0 Å². The number of carbonyl (C=O) groups is 1. The third-order valence-electron chi connectivity index (χ3n) is 3.71. The van der Waals surface area contributed by atoms with Crippen LogP contribution in [0.2, 0.25) is 0 Å². The monoisotopic (exact) mass is 370 g/mol. The van der Waals surface area contributed by atoms with Gasteiger partial charge >= 0.3 is 0 Å². The summed E-state index contributed by atoms with van der Waals surface area (Å²) in [5.41, 5.74) is 2.83. The van der Waals surface area contributed by atoms with Crippen molar-refractivity contribution in [1.29, 1.82) is 5.26 Å². The van der Waals surface area contributed by atoms with Gasteiger partial charge in [-0.1, -0.05) is 0 Å². The molecule has 0 spiro atoms. The lowest BCUT2D eigenvalue weighted by atomic mass is 10.1. The first-order chi connectivity index (χ1) is 12.9. The minimum Gasteiger partial charge on any atom is -0.508 e. The molecule has 0 radical (unpaired) electrons. The third kappa shape index (κ3) is 4.71. The van der Waals surface area contributed by atoms with Crippen molar-refractivity contribution in [2.45, 2.75) is 20.1 Å². The Morgan fingerprint density at radius 1 is 1.41 bits per heavy atom. The molecule has 0 saturated carbocycles. The van der Waals surface area contributed by atoms with E-state index in [1.54, 1.807) is 13.0 Å². The zero-order valence-electron chi connectivity index (χ0n) is 14.8. The van der Waals surface area contributed by atoms with Gasteiger partial charge in [0.2, 0.25) is 0 Å². The number of nitrogens with zero attached hydrogens (tertiary/aromatic N) is 3. The summed E-state index contributed by atoms with van der Waals surface area (Å²) < 4.78 is 6.15. The van der Waals surface area contributed by atoms with Crippen molar-refractivity contribution in [1.82, 2.24) is 9.99 Å². The molecule has 2 aromatic rings. The molecular weight excluding hydrogens is 352 g/mol. The number of nitrogens with one attached hydrogen (secondary N) is 1. The maximum absolute atomic E-state index is 12.4. The number of carbonyl (C=O) groups excluding carboxylic acids is 1. The quantitative estimate of drug-likeness (QED) is 0.506. The summed E-state index contributed by atoms with van der Waals surface area (Å²) in [6.07, 6.45) is 1.20. The van der Waals surface area contributed by atoms with Crippen molar-refractivity contribution in [3.63, 3.8) is 0 Å². The van der Waals surface area contributed by atoms with E-state index in [2.05, 4.69) is 10.5 Å².